The van der Waals surface area contributed by atoms with E-state index < -0.39 is 0 Å². The number of anilines is 1. The third kappa shape index (κ3) is 2.33. The molecule has 1 amide bonds. The van der Waals surface area contributed by atoms with Crippen molar-refractivity contribution in [2.24, 2.45) is 0 Å². The van der Waals surface area contributed by atoms with Gasteiger partial charge in [-0.1, -0.05) is 6.07 Å². The minimum absolute atomic E-state index is 0.194. The summed E-state index contributed by atoms with van der Waals surface area (Å²) >= 11 is 0. The number of rotatable bonds is 3. The van der Waals surface area contributed by atoms with Crippen LogP contribution in [0, 0.1) is 0 Å². The second-order valence-corrected chi connectivity index (χ2v) is 4.33. The third-order valence-electron chi connectivity index (χ3n) is 2.99. The van der Waals surface area contributed by atoms with E-state index in [1.165, 1.54) is 0 Å². The van der Waals surface area contributed by atoms with E-state index in [1.807, 2.05) is 18.3 Å². The minimum Gasteiger partial charge on any atom is -0.497 e. The number of aromatic nitrogens is 2. The van der Waals surface area contributed by atoms with Crippen LogP contribution in [0.3, 0.4) is 0 Å². The van der Waals surface area contributed by atoms with Gasteiger partial charge in [0, 0.05) is 17.1 Å². The van der Waals surface area contributed by atoms with Gasteiger partial charge in [-0.3, -0.25) is 4.79 Å². The Balaban J connectivity index is 1.83. The van der Waals surface area contributed by atoms with Gasteiger partial charge in [0.25, 0.3) is 5.91 Å². The van der Waals surface area contributed by atoms with Crippen molar-refractivity contribution in [3.05, 3.63) is 54.4 Å². The highest BCUT2D eigenvalue weighted by Crippen LogP contribution is 2.17. The van der Waals surface area contributed by atoms with Gasteiger partial charge in [0.1, 0.15) is 11.4 Å². The van der Waals surface area contributed by atoms with Crippen molar-refractivity contribution in [2.75, 3.05) is 12.4 Å². The summed E-state index contributed by atoms with van der Waals surface area (Å²) in [6.45, 7) is 0. The Morgan fingerprint density at radius 3 is 3.05 bits per heavy atom. The molecule has 20 heavy (non-hydrogen) atoms. The fourth-order valence-electron chi connectivity index (χ4n) is 1.98. The number of H-pyrrole nitrogens is 1. The number of nitrogens with one attached hydrogen (secondary N) is 2. The van der Waals surface area contributed by atoms with Gasteiger partial charge in [-0.05, 0) is 30.3 Å². The molecule has 0 saturated heterocycles. The van der Waals surface area contributed by atoms with Gasteiger partial charge in [-0.25, -0.2) is 4.98 Å². The van der Waals surface area contributed by atoms with Crippen LogP contribution in [0.2, 0.25) is 0 Å². The van der Waals surface area contributed by atoms with E-state index in [-0.39, 0.29) is 5.91 Å². The first-order chi connectivity index (χ1) is 9.76. The van der Waals surface area contributed by atoms with Crippen LogP contribution in [-0.4, -0.2) is 23.0 Å². The average Bonchev–Trinajstić information content (AvgIpc) is 2.95. The number of carbonyl (C=O) groups excluding carboxylic acids is 1. The van der Waals surface area contributed by atoms with Crippen LogP contribution in [0.1, 0.15) is 10.4 Å². The maximum atomic E-state index is 12.2. The van der Waals surface area contributed by atoms with E-state index in [0.29, 0.717) is 17.0 Å². The van der Waals surface area contributed by atoms with Gasteiger partial charge >= 0.3 is 0 Å². The topological polar surface area (TPSA) is 67.0 Å². The van der Waals surface area contributed by atoms with Gasteiger partial charge in [-0.2, -0.15) is 0 Å². The lowest BCUT2D eigenvalue weighted by Gasteiger charge is -2.06. The molecule has 2 aromatic heterocycles. The zero-order valence-corrected chi connectivity index (χ0v) is 10.9. The second-order valence-electron chi connectivity index (χ2n) is 4.33. The largest absolute Gasteiger partial charge is 0.497 e. The maximum Gasteiger partial charge on any atom is 0.255 e. The Hall–Kier alpha value is -2.82. The summed E-state index contributed by atoms with van der Waals surface area (Å²) < 4.78 is 5.11. The fourth-order valence-corrected chi connectivity index (χ4v) is 1.98. The molecule has 0 fully saturated rings. The van der Waals surface area contributed by atoms with Gasteiger partial charge in [0.05, 0.1) is 19.0 Å². The zero-order chi connectivity index (χ0) is 13.9. The molecule has 0 aliphatic carbocycles. The van der Waals surface area contributed by atoms with Crippen molar-refractivity contribution in [2.45, 2.75) is 0 Å². The lowest BCUT2D eigenvalue weighted by molar-refractivity contribution is 0.102. The van der Waals surface area contributed by atoms with E-state index in [9.17, 15) is 4.79 Å². The van der Waals surface area contributed by atoms with Crippen LogP contribution in [0.4, 0.5) is 5.69 Å². The first-order valence-corrected chi connectivity index (χ1v) is 6.15. The Morgan fingerprint density at radius 1 is 1.30 bits per heavy atom. The van der Waals surface area contributed by atoms with Gasteiger partial charge in [-0.15, -0.1) is 0 Å². The molecule has 0 aliphatic rings. The summed E-state index contributed by atoms with van der Waals surface area (Å²) in [4.78, 5) is 19.4. The standard InChI is InChI=1S/C15H13N3O2/c1-20-13-4-2-3-11(8-13)15(19)18-12-7-10-5-6-16-14(10)17-9-12/h2-9H,1H3,(H,16,17)(H,18,19). The molecule has 0 atom stereocenters. The van der Waals surface area contributed by atoms with Crippen LogP contribution >= 0.6 is 0 Å². The summed E-state index contributed by atoms with van der Waals surface area (Å²) in [7, 11) is 1.57. The second kappa shape index (κ2) is 5.05. The molecule has 5 nitrogen and oxygen atoms in total. The SMILES string of the molecule is COc1cccc(C(=O)Nc2cnc3[nH]ccc3c2)c1. The molecule has 3 aromatic rings. The number of nitrogens with zero attached hydrogens (tertiary/aromatic N) is 1. The van der Waals surface area contributed by atoms with Crippen molar-refractivity contribution in [3.8, 4) is 5.75 Å². The number of carbonyl (C=O) groups is 1. The summed E-state index contributed by atoms with van der Waals surface area (Å²) in [5.41, 5.74) is 1.99. The number of amides is 1. The van der Waals surface area contributed by atoms with E-state index in [1.54, 1.807) is 37.6 Å². The number of methoxy groups -OCH3 is 1. The summed E-state index contributed by atoms with van der Waals surface area (Å²) in [6.07, 6.45) is 3.43. The predicted octanol–water partition coefficient (Wildman–Crippen LogP) is 2.82. The molecule has 100 valence electrons. The quantitative estimate of drug-likeness (QED) is 0.766. The number of aromatic amines is 1. The van der Waals surface area contributed by atoms with Crippen LogP contribution in [0.5, 0.6) is 5.75 Å². The summed E-state index contributed by atoms with van der Waals surface area (Å²) in [5, 5.41) is 3.77. The number of benzene rings is 1. The van der Waals surface area contributed by atoms with E-state index in [0.717, 1.165) is 11.0 Å². The lowest BCUT2D eigenvalue weighted by atomic mass is 10.2. The highest BCUT2D eigenvalue weighted by molar-refractivity contribution is 6.05. The molecule has 0 aliphatic heterocycles. The first kappa shape index (κ1) is 12.2. The van der Waals surface area contributed by atoms with Gasteiger partial charge in [0.15, 0.2) is 0 Å². The third-order valence-corrected chi connectivity index (χ3v) is 2.99. The van der Waals surface area contributed by atoms with Gasteiger partial charge in [0.2, 0.25) is 0 Å². The molecule has 0 unspecified atom stereocenters. The van der Waals surface area contributed by atoms with Crippen LogP contribution in [0.15, 0.2) is 48.8 Å². The van der Waals surface area contributed by atoms with Crippen LogP contribution < -0.4 is 10.1 Å². The Morgan fingerprint density at radius 2 is 2.20 bits per heavy atom. The number of hydrogen-bond acceptors (Lipinski definition) is 3. The highest BCUT2D eigenvalue weighted by atomic mass is 16.5. The maximum absolute atomic E-state index is 12.2. The highest BCUT2D eigenvalue weighted by Gasteiger charge is 2.08. The van der Waals surface area contributed by atoms with E-state index in [2.05, 4.69) is 15.3 Å². The molecular weight excluding hydrogens is 254 g/mol. The predicted molar refractivity (Wildman–Crippen MR) is 77.0 cm³/mol. The molecule has 0 spiro atoms. The first-order valence-electron chi connectivity index (χ1n) is 6.15. The molecule has 2 N–H and O–H groups in total. The molecule has 0 radical (unpaired) electrons. The molecule has 5 heteroatoms. The molecule has 0 saturated carbocycles. The van der Waals surface area contributed by atoms with Crippen LogP contribution in [-0.2, 0) is 0 Å². The summed E-state index contributed by atoms with van der Waals surface area (Å²) in [6, 6.07) is 10.8. The Labute approximate surface area is 115 Å². The average molecular weight is 267 g/mol. The molecule has 0 bridgehead atoms. The smallest absolute Gasteiger partial charge is 0.255 e. The molecule has 2 heterocycles. The normalized spacial score (nSPS) is 10.4. The Kier molecular flexibility index (Phi) is 3.09. The van der Waals surface area contributed by atoms with Crippen molar-refractivity contribution in [1.29, 1.82) is 0 Å². The Bertz CT molecular complexity index is 764. The summed E-state index contributed by atoms with van der Waals surface area (Å²) in [5.74, 6) is 0.456. The molecule has 1 aromatic carbocycles. The number of hydrogen-bond donors (Lipinski definition) is 2. The fraction of sp³-hybridized carbons (Fsp3) is 0.0667. The number of pyridine rings is 1. The molecular formula is C15H13N3O2. The van der Waals surface area contributed by atoms with Crippen molar-refractivity contribution in [3.63, 3.8) is 0 Å². The lowest BCUT2D eigenvalue weighted by Crippen LogP contribution is -2.12. The van der Waals surface area contributed by atoms with Crippen molar-refractivity contribution >= 4 is 22.6 Å². The monoisotopic (exact) mass is 267 g/mol. The zero-order valence-electron chi connectivity index (χ0n) is 10.9. The minimum atomic E-state index is -0.194. The van der Waals surface area contributed by atoms with Gasteiger partial charge < -0.3 is 15.0 Å². The van der Waals surface area contributed by atoms with Crippen molar-refractivity contribution in [1.82, 2.24) is 9.97 Å². The van der Waals surface area contributed by atoms with E-state index in [4.69, 9.17) is 4.74 Å². The van der Waals surface area contributed by atoms with Crippen molar-refractivity contribution < 1.29 is 9.53 Å². The van der Waals surface area contributed by atoms with E-state index >= 15 is 0 Å². The number of fused-ring (bicyclic) bond motifs is 1. The number of ether oxygens (including phenoxy) is 1. The van der Waals surface area contributed by atoms with Crippen LogP contribution in [0.25, 0.3) is 11.0 Å². The molecule has 3 rings (SSSR count).